The summed E-state index contributed by atoms with van der Waals surface area (Å²) in [6.45, 7) is 7.29. The number of likely N-dealkylation sites (N-methyl/N-ethyl adjacent to an activating group) is 1. The summed E-state index contributed by atoms with van der Waals surface area (Å²) in [5, 5.41) is 2.23. The standard InChI is InChI=1S/C27H40FN3O6S2/c1-8-21-18(4)22-23(26(32)29-5)24(19-11-13-20(28)14-12-19)37-27(22)30-25(21)31(38(6,33)34)15-9-10-16-39(7,35,36)17(2)3/h11-14,17-18,22H,8-10,15-16H2,1-7H3,(H,29,32)(H,35,36). The molecule has 0 aliphatic carbocycles. The summed E-state index contributed by atoms with van der Waals surface area (Å²) >= 11 is 0. The Bertz CT molecular complexity index is 1390. The predicted molar refractivity (Wildman–Crippen MR) is 153 cm³/mol. The fourth-order valence-electron chi connectivity index (χ4n) is 4.89. The number of nitrogens with zero attached hydrogens (tertiary/aromatic N) is 2. The van der Waals surface area contributed by atoms with Crippen LogP contribution in [0, 0.1) is 17.7 Å². The Morgan fingerprint density at radius 3 is 2.38 bits per heavy atom. The van der Waals surface area contributed by atoms with Crippen LogP contribution in [0.15, 0.2) is 46.2 Å². The lowest BCUT2D eigenvalue weighted by atomic mass is 9.79. The van der Waals surface area contributed by atoms with Crippen LogP contribution in [-0.2, 0) is 28.9 Å². The molecule has 0 aromatic heterocycles. The number of amides is 1. The lowest BCUT2D eigenvalue weighted by Gasteiger charge is -2.43. The van der Waals surface area contributed by atoms with Crippen molar-refractivity contribution >= 4 is 36.9 Å². The first-order chi connectivity index (χ1) is 18.0. The minimum absolute atomic E-state index is 0.0721. The normalized spacial score (nSPS) is 20.8. The Labute approximate surface area is 230 Å². The number of carbonyl (C=O) groups is 1. The molecule has 2 unspecified atom stereocenters. The van der Waals surface area contributed by atoms with Crippen molar-refractivity contribution in [2.75, 3.05) is 31.9 Å². The van der Waals surface area contributed by atoms with E-state index in [1.807, 2.05) is 13.8 Å². The van der Waals surface area contributed by atoms with Crippen LogP contribution in [-0.4, -0.2) is 70.4 Å². The van der Waals surface area contributed by atoms with E-state index in [-0.39, 0.29) is 41.6 Å². The molecule has 9 nitrogen and oxygen atoms in total. The molecule has 2 atom stereocenters. The van der Waals surface area contributed by atoms with Crippen LogP contribution in [0.2, 0.25) is 0 Å². The lowest BCUT2D eigenvalue weighted by Crippen LogP contribution is -2.43. The fourth-order valence-corrected chi connectivity index (χ4v) is 7.20. The van der Waals surface area contributed by atoms with Gasteiger partial charge in [-0.1, -0.05) is 13.8 Å². The summed E-state index contributed by atoms with van der Waals surface area (Å²) in [4.78, 5) is 17.7. The first-order valence-corrected chi connectivity index (χ1v) is 17.5. The molecule has 0 saturated heterocycles. The molecule has 3 rings (SSSR count). The molecule has 2 aliphatic rings. The van der Waals surface area contributed by atoms with E-state index in [2.05, 4.69) is 10.3 Å². The van der Waals surface area contributed by atoms with Crippen molar-refractivity contribution < 1.29 is 31.1 Å². The van der Waals surface area contributed by atoms with E-state index in [4.69, 9.17) is 4.74 Å². The van der Waals surface area contributed by atoms with Crippen LogP contribution >= 0.6 is 0 Å². The van der Waals surface area contributed by atoms with E-state index in [9.17, 15) is 26.4 Å². The third-order valence-electron chi connectivity index (χ3n) is 7.64. The second-order valence-corrected chi connectivity index (χ2v) is 17.1. The molecular formula is C27H40FN3O6S2. The van der Waals surface area contributed by atoms with Gasteiger partial charge >= 0.3 is 0 Å². The molecule has 2 aliphatic heterocycles. The number of fused-ring (bicyclic) bond motifs is 1. The first kappa shape index (κ1) is 31.0. The quantitative estimate of drug-likeness (QED) is 0.379. The molecule has 0 spiro atoms. The number of allylic oxidation sites excluding steroid dienone is 1. The number of benzene rings is 1. The smallest absolute Gasteiger partial charge is 0.251 e. The number of aliphatic imine (C=N–C) groups is 1. The lowest BCUT2D eigenvalue weighted by molar-refractivity contribution is -0.117. The SMILES string of the molecule is CCC1=C(N(CCCCS(C)(=O)(O)C(C)C)S(C)(=O)=O)N=C2OC(c3ccc(F)cc3)=C(C(=O)NC)C2C1C. The van der Waals surface area contributed by atoms with Crippen molar-refractivity contribution in [3.63, 3.8) is 0 Å². The van der Waals surface area contributed by atoms with E-state index < -0.39 is 36.4 Å². The van der Waals surface area contributed by atoms with Crippen LogP contribution in [0.5, 0.6) is 0 Å². The van der Waals surface area contributed by atoms with Crippen LogP contribution in [0.1, 0.15) is 52.5 Å². The Kier molecular flexibility index (Phi) is 8.84. The van der Waals surface area contributed by atoms with E-state index in [0.717, 1.165) is 11.8 Å². The Hall–Kier alpha value is -2.57. The zero-order valence-electron chi connectivity index (χ0n) is 23.7. The number of hydrogen-bond donors (Lipinski definition) is 2. The van der Waals surface area contributed by atoms with Gasteiger partial charge in [-0.15, -0.1) is 0 Å². The molecule has 1 aromatic rings. The fraction of sp³-hybridized carbons (Fsp3) is 0.556. The molecule has 2 heterocycles. The van der Waals surface area contributed by atoms with Crippen molar-refractivity contribution in [1.82, 2.24) is 9.62 Å². The molecular weight excluding hydrogens is 545 g/mol. The van der Waals surface area contributed by atoms with Crippen molar-refractivity contribution in [2.45, 2.75) is 52.2 Å². The van der Waals surface area contributed by atoms with Crippen molar-refractivity contribution in [2.24, 2.45) is 16.8 Å². The third-order valence-corrected chi connectivity index (χ3v) is 12.5. The Morgan fingerprint density at radius 2 is 1.87 bits per heavy atom. The average molecular weight is 586 g/mol. The summed E-state index contributed by atoms with van der Waals surface area (Å²) < 4.78 is 70.3. The van der Waals surface area contributed by atoms with Crippen LogP contribution in [0.25, 0.3) is 5.76 Å². The zero-order chi connectivity index (χ0) is 29.4. The van der Waals surface area contributed by atoms with Gasteiger partial charge in [-0.3, -0.25) is 9.10 Å². The van der Waals surface area contributed by atoms with E-state index >= 15 is 0 Å². The van der Waals surface area contributed by atoms with Crippen molar-refractivity contribution in [1.29, 1.82) is 0 Å². The maximum Gasteiger partial charge on any atom is 0.251 e. The van der Waals surface area contributed by atoms with Gasteiger partial charge in [0.05, 0.1) is 17.7 Å². The maximum atomic E-state index is 13.6. The summed E-state index contributed by atoms with van der Waals surface area (Å²) in [6, 6.07) is 5.59. The van der Waals surface area contributed by atoms with Crippen molar-refractivity contribution in [3.8, 4) is 0 Å². The molecule has 39 heavy (non-hydrogen) atoms. The number of carbonyl (C=O) groups excluding carboxylic acids is 1. The monoisotopic (exact) mass is 585 g/mol. The average Bonchev–Trinajstić information content (AvgIpc) is 3.22. The van der Waals surface area contributed by atoms with Crippen LogP contribution < -0.4 is 5.32 Å². The maximum absolute atomic E-state index is 13.6. The molecule has 1 aromatic carbocycles. The number of ether oxygens (including phenoxy) is 1. The zero-order valence-corrected chi connectivity index (χ0v) is 25.3. The van der Waals surface area contributed by atoms with Crippen LogP contribution in [0.4, 0.5) is 4.39 Å². The number of hydrogen-bond acceptors (Lipinski definition) is 6. The molecule has 2 N–H and O–H groups in total. The highest BCUT2D eigenvalue weighted by atomic mass is 32.3. The Balaban J connectivity index is 1.99. The number of rotatable bonds is 11. The van der Waals surface area contributed by atoms with Gasteiger partial charge in [0.1, 0.15) is 17.4 Å². The minimum atomic E-state index is -3.81. The van der Waals surface area contributed by atoms with E-state index in [0.29, 0.717) is 30.4 Å². The van der Waals surface area contributed by atoms with E-state index in [1.54, 1.807) is 13.8 Å². The van der Waals surface area contributed by atoms with Gasteiger partial charge in [-0.05, 0) is 68.9 Å². The van der Waals surface area contributed by atoms with Gasteiger partial charge in [-0.25, -0.2) is 17.0 Å². The Morgan fingerprint density at radius 1 is 1.26 bits per heavy atom. The summed E-state index contributed by atoms with van der Waals surface area (Å²) in [5.74, 6) is -0.868. The summed E-state index contributed by atoms with van der Waals surface area (Å²) in [6.07, 6.45) is 3.67. The van der Waals surface area contributed by atoms with Gasteiger partial charge < -0.3 is 14.6 Å². The molecule has 12 heteroatoms. The predicted octanol–water partition coefficient (Wildman–Crippen LogP) is 3.97. The first-order valence-electron chi connectivity index (χ1n) is 13.1. The summed E-state index contributed by atoms with van der Waals surface area (Å²) in [7, 11) is -6.06. The molecule has 0 saturated carbocycles. The van der Waals surface area contributed by atoms with Gasteiger partial charge in [0.25, 0.3) is 5.91 Å². The second-order valence-electron chi connectivity index (χ2n) is 10.7. The highest BCUT2D eigenvalue weighted by Gasteiger charge is 2.46. The molecule has 1 amide bonds. The molecule has 0 bridgehead atoms. The second kappa shape index (κ2) is 11.1. The number of unbranched alkanes of at least 4 members (excludes halogenated alkanes) is 1. The number of halogens is 1. The molecule has 0 radical (unpaired) electrons. The van der Waals surface area contributed by atoms with Crippen molar-refractivity contribution in [3.05, 3.63) is 52.6 Å². The van der Waals surface area contributed by atoms with Gasteiger partial charge in [0, 0.05) is 36.4 Å². The van der Waals surface area contributed by atoms with Gasteiger partial charge in [0.15, 0.2) is 0 Å². The third kappa shape index (κ3) is 6.44. The van der Waals surface area contributed by atoms with Gasteiger partial charge in [0.2, 0.25) is 15.9 Å². The number of sulfonamides is 1. The molecule has 218 valence electrons. The molecule has 0 fully saturated rings. The highest BCUT2D eigenvalue weighted by molar-refractivity contribution is 8.15. The number of nitrogens with one attached hydrogen (secondary N) is 1. The van der Waals surface area contributed by atoms with E-state index in [1.165, 1.54) is 41.9 Å². The highest BCUT2D eigenvalue weighted by Crippen LogP contribution is 2.45. The van der Waals surface area contributed by atoms with Crippen LogP contribution in [0.3, 0.4) is 0 Å². The summed E-state index contributed by atoms with van der Waals surface area (Å²) in [5.41, 5.74) is 1.61. The topological polar surface area (TPSA) is 125 Å². The largest absolute Gasteiger partial charge is 0.441 e. The minimum Gasteiger partial charge on any atom is -0.441 e. The van der Waals surface area contributed by atoms with Gasteiger partial charge in [-0.2, -0.15) is 14.3 Å².